The minimum atomic E-state index is -0.774. The lowest BCUT2D eigenvalue weighted by molar-refractivity contribution is -0.147. The third-order valence-electron chi connectivity index (χ3n) is 5.97. The molecule has 0 saturated carbocycles. The maximum absolute atomic E-state index is 13.2. The van der Waals surface area contributed by atoms with Gasteiger partial charge in [-0.15, -0.1) is 5.11 Å². The first-order valence-corrected chi connectivity index (χ1v) is 11.8. The molecule has 1 aliphatic rings. The second-order valence-electron chi connectivity index (χ2n) is 8.71. The van der Waals surface area contributed by atoms with E-state index in [0.29, 0.717) is 12.1 Å². The van der Waals surface area contributed by atoms with E-state index in [1.807, 2.05) is 48.5 Å². The van der Waals surface area contributed by atoms with Crippen molar-refractivity contribution in [3.05, 3.63) is 89.5 Å². The molecule has 0 radical (unpaired) electrons. The fourth-order valence-electron chi connectivity index (χ4n) is 4.43. The molecule has 1 aliphatic carbocycles. The number of nitrogens with zero attached hydrogens (tertiary/aromatic N) is 3. The summed E-state index contributed by atoms with van der Waals surface area (Å²) in [5, 5.41) is 12.7. The van der Waals surface area contributed by atoms with Crippen molar-refractivity contribution in [3.8, 4) is 11.1 Å². The summed E-state index contributed by atoms with van der Waals surface area (Å²) in [6, 6.07) is 23.0. The summed E-state index contributed by atoms with van der Waals surface area (Å²) < 4.78 is 5.26. The molecular weight excluding hydrogens is 440 g/mol. The molecule has 7 heteroatoms. The van der Waals surface area contributed by atoms with Crippen LogP contribution >= 0.6 is 0 Å². The van der Waals surface area contributed by atoms with Crippen LogP contribution in [0, 0.1) is 0 Å². The molecule has 0 aliphatic heterocycles. The van der Waals surface area contributed by atoms with Crippen LogP contribution in [0.15, 0.2) is 83.1 Å². The van der Waals surface area contributed by atoms with Gasteiger partial charge in [-0.1, -0.05) is 65.9 Å². The molecule has 0 bridgehead atoms. The van der Waals surface area contributed by atoms with Gasteiger partial charge in [0.05, 0.1) is 12.3 Å². The lowest BCUT2D eigenvalue weighted by Crippen LogP contribution is -2.43. The summed E-state index contributed by atoms with van der Waals surface area (Å²) in [6.45, 7) is 2.01. The summed E-state index contributed by atoms with van der Waals surface area (Å²) in [5.41, 5.74) is 6.20. The SMILES string of the molecule is CCOC(=O)[C@@H](Cc1ccc(N=NN(C)C)cc1)NC(=O)CC1c2ccccc2-c2ccccc21. The Hall–Kier alpha value is -4.00. The van der Waals surface area contributed by atoms with Crippen LogP contribution in [0.1, 0.15) is 36.0 Å². The third kappa shape index (κ3) is 5.74. The van der Waals surface area contributed by atoms with Crippen molar-refractivity contribution in [2.24, 2.45) is 10.3 Å². The summed E-state index contributed by atoms with van der Waals surface area (Å²) >= 11 is 0. The Kier molecular flexibility index (Phi) is 7.55. The maximum Gasteiger partial charge on any atom is 0.328 e. The number of nitrogens with one attached hydrogen (secondary N) is 1. The number of esters is 1. The Morgan fingerprint density at radius 2 is 1.54 bits per heavy atom. The molecule has 0 unspecified atom stereocenters. The topological polar surface area (TPSA) is 83.4 Å². The number of fused-ring (bicyclic) bond motifs is 3. The normalized spacial score (nSPS) is 13.2. The number of rotatable bonds is 9. The van der Waals surface area contributed by atoms with Gasteiger partial charge in [-0.2, -0.15) is 0 Å². The van der Waals surface area contributed by atoms with Gasteiger partial charge in [0, 0.05) is 32.9 Å². The molecule has 1 amide bonds. The Labute approximate surface area is 205 Å². The van der Waals surface area contributed by atoms with Crippen molar-refractivity contribution in [3.63, 3.8) is 0 Å². The predicted molar refractivity (Wildman–Crippen MR) is 135 cm³/mol. The van der Waals surface area contributed by atoms with Crippen LogP contribution in [0.5, 0.6) is 0 Å². The molecule has 7 nitrogen and oxygen atoms in total. The van der Waals surface area contributed by atoms with Gasteiger partial charge < -0.3 is 10.1 Å². The average molecular weight is 471 g/mol. The van der Waals surface area contributed by atoms with Gasteiger partial charge in [0.2, 0.25) is 5.91 Å². The highest BCUT2D eigenvalue weighted by atomic mass is 16.5. The van der Waals surface area contributed by atoms with Crippen LogP contribution in [-0.2, 0) is 20.7 Å². The summed E-state index contributed by atoms with van der Waals surface area (Å²) in [4.78, 5) is 25.9. The van der Waals surface area contributed by atoms with Crippen LogP contribution in [0.3, 0.4) is 0 Å². The Morgan fingerprint density at radius 3 is 2.11 bits per heavy atom. The lowest BCUT2D eigenvalue weighted by Gasteiger charge is -2.19. The molecule has 4 rings (SSSR count). The van der Waals surface area contributed by atoms with Gasteiger partial charge >= 0.3 is 5.97 Å². The van der Waals surface area contributed by atoms with E-state index < -0.39 is 12.0 Å². The molecule has 1 N–H and O–H groups in total. The molecule has 0 aromatic heterocycles. The van der Waals surface area contributed by atoms with Crippen molar-refractivity contribution < 1.29 is 14.3 Å². The van der Waals surface area contributed by atoms with Crippen LogP contribution < -0.4 is 5.32 Å². The highest BCUT2D eigenvalue weighted by molar-refractivity contribution is 5.87. The minimum Gasteiger partial charge on any atom is -0.464 e. The van der Waals surface area contributed by atoms with E-state index in [1.165, 1.54) is 0 Å². The second kappa shape index (κ2) is 11.0. The zero-order chi connectivity index (χ0) is 24.8. The smallest absolute Gasteiger partial charge is 0.328 e. The van der Waals surface area contributed by atoms with Gasteiger partial charge in [0.1, 0.15) is 6.04 Å². The van der Waals surface area contributed by atoms with Gasteiger partial charge in [-0.3, -0.25) is 9.80 Å². The number of hydrogen-bond donors (Lipinski definition) is 1. The van der Waals surface area contributed by atoms with Crippen LogP contribution in [0.2, 0.25) is 0 Å². The fourth-order valence-corrected chi connectivity index (χ4v) is 4.43. The van der Waals surface area contributed by atoms with Crippen LogP contribution in [0.4, 0.5) is 5.69 Å². The van der Waals surface area contributed by atoms with E-state index in [4.69, 9.17) is 4.74 Å². The summed E-state index contributed by atoms with van der Waals surface area (Å²) in [7, 11) is 3.60. The number of carbonyl (C=O) groups is 2. The molecule has 0 heterocycles. The van der Waals surface area contributed by atoms with E-state index in [2.05, 4.69) is 39.9 Å². The zero-order valence-electron chi connectivity index (χ0n) is 20.3. The van der Waals surface area contributed by atoms with Gasteiger partial charge in [-0.05, 0) is 46.9 Å². The van der Waals surface area contributed by atoms with Crippen molar-refractivity contribution in [2.75, 3.05) is 20.7 Å². The number of carbonyl (C=O) groups excluding carboxylic acids is 2. The van der Waals surface area contributed by atoms with E-state index in [9.17, 15) is 9.59 Å². The van der Waals surface area contributed by atoms with Crippen molar-refractivity contribution >= 4 is 17.6 Å². The van der Waals surface area contributed by atoms with E-state index >= 15 is 0 Å². The van der Waals surface area contributed by atoms with Gasteiger partial charge in [0.15, 0.2) is 0 Å². The van der Waals surface area contributed by atoms with E-state index in [0.717, 1.165) is 27.8 Å². The summed E-state index contributed by atoms with van der Waals surface area (Å²) in [5.74, 6) is -0.674. The zero-order valence-corrected chi connectivity index (χ0v) is 20.3. The highest BCUT2D eigenvalue weighted by Crippen LogP contribution is 2.45. The monoisotopic (exact) mass is 470 g/mol. The van der Waals surface area contributed by atoms with Crippen molar-refractivity contribution in [2.45, 2.75) is 31.7 Å². The standard InChI is InChI=1S/C28H30N4O3/c1-4-35-28(34)26(17-19-13-15-20(16-14-19)30-31-32(2)3)29-27(33)18-25-23-11-7-5-9-21(23)22-10-6-8-12-24(22)25/h5-16,25-26H,4,17-18H2,1-3H3,(H,29,33)/t26-/m1/s1. The molecule has 3 aromatic rings. The molecule has 0 fully saturated rings. The first-order chi connectivity index (χ1) is 17.0. The molecule has 0 spiro atoms. The third-order valence-corrected chi connectivity index (χ3v) is 5.97. The minimum absolute atomic E-state index is 0.0495. The number of amides is 1. The highest BCUT2D eigenvalue weighted by Gasteiger charge is 2.31. The van der Waals surface area contributed by atoms with Crippen LogP contribution in [0.25, 0.3) is 11.1 Å². The number of hydrogen-bond acceptors (Lipinski definition) is 5. The first-order valence-electron chi connectivity index (χ1n) is 11.8. The van der Waals surface area contributed by atoms with Crippen molar-refractivity contribution in [1.82, 2.24) is 10.3 Å². The molecule has 35 heavy (non-hydrogen) atoms. The predicted octanol–water partition coefficient (Wildman–Crippen LogP) is 5.04. The molecule has 180 valence electrons. The first kappa shape index (κ1) is 24.1. The van der Waals surface area contributed by atoms with E-state index in [1.54, 1.807) is 26.0 Å². The van der Waals surface area contributed by atoms with Gasteiger partial charge in [0.25, 0.3) is 0 Å². The lowest BCUT2D eigenvalue weighted by atomic mass is 9.93. The van der Waals surface area contributed by atoms with Gasteiger partial charge in [-0.25, -0.2) is 4.79 Å². The molecule has 3 aromatic carbocycles. The maximum atomic E-state index is 13.2. The summed E-state index contributed by atoms with van der Waals surface area (Å²) in [6.07, 6.45) is 0.585. The second-order valence-corrected chi connectivity index (χ2v) is 8.71. The molecule has 1 atom stereocenters. The quantitative estimate of drug-likeness (QED) is 0.270. The average Bonchev–Trinajstić information content (AvgIpc) is 3.17. The van der Waals surface area contributed by atoms with E-state index in [-0.39, 0.29) is 24.9 Å². The Morgan fingerprint density at radius 1 is 0.943 bits per heavy atom. The fraction of sp³-hybridized carbons (Fsp3) is 0.286. The Bertz CT molecular complexity index is 1180. The number of ether oxygens (including phenoxy) is 1. The van der Waals surface area contributed by atoms with Crippen molar-refractivity contribution in [1.29, 1.82) is 0 Å². The Balaban J connectivity index is 1.48. The van der Waals surface area contributed by atoms with Crippen LogP contribution in [-0.4, -0.2) is 43.6 Å². The molecular formula is C28H30N4O3. The largest absolute Gasteiger partial charge is 0.464 e. The number of benzene rings is 3. The molecule has 0 saturated heterocycles.